The van der Waals surface area contributed by atoms with Crippen molar-refractivity contribution in [3.8, 4) is 0 Å². The average molecular weight is 240 g/mol. The molecule has 0 aliphatic heterocycles. The lowest BCUT2D eigenvalue weighted by Gasteiger charge is -1.82. The van der Waals surface area contributed by atoms with E-state index in [4.69, 9.17) is 0 Å². The predicted octanol–water partition coefficient (Wildman–Crippen LogP) is 3.57. The van der Waals surface area contributed by atoms with Gasteiger partial charge in [-0.05, 0) is 45.2 Å². The molecule has 0 atom stereocenters. The SMILES string of the molecule is CCC(Br)=C=C(C)Br. The summed E-state index contributed by atoms with van der Waals surface area (Å²) in [5, 5.41) is 0. The van der Waals surface area contributed by atoms with Gasteiger partial charge in [0.15, 0.2) is 0 Å². The van der Waals surface area contributed by atoms with Gasteiger partial charge in [0.25, 0.3) is 0 Å². The van der Waals surface area contributed by atoms with Crippen LogP contribution in [0.3, 0.4) is 0 Å². The van der Waals surface area contributed by atoms with Crippen LogP contribution in [0.2, 0.25) is 0 Å². The highest BCUT2D eigenvalue weighted by molar-refractivity contribution is 9.12. The van der Waals surface area contributed by atoms with Crippen LogP contribution in [0.1, 0.15) is 20.3 Å². The van der Waals surface area contributed by atoms with Crippen LogP contribution >= 0.6 is 31.9 Å². The van der Waals surface area contributed by atoms with E-state index in [1.54, 1.807) is 0 Å². The Morgan fingerprint density at radius 2 is 2.00 bits per heavy atom. The molecule has 0 radical (unpaired) electrons. The summed E-state index contributed by atoms with van der Waals surface area (Å²) in [6.45, 7) is 4.03. The van der Waals surface area contributed by atoms with Gasteiger partial charge in [-0.2, -0.15) is 0 Å². The average Bonchev–Trinajstić information content (AvgIpc) is 1.65. The number of rotatable bonds is 1. The van der Waals surface area contributed by atoms with Gasteiger partial charge < -0.3 is 0 Å². The van der Waals surface area contributed by atoms with Crippen molar-refractivity contribution in [2.24, 2.45) is 0 Å². The van der Waals surface area contributed by atoms with Gasteiger partial charge in [-0.3, -0.25) is 0 Å². The third-order valence-electron chi connectivity index (χ3n) is 0.618. The lowest BCUT2D eigenvalue weighted by atomic mass is 10.4. The van der Waals surface area contributed by atoms with Gasteiger partial charge in [0.1, 0.15) is 0 Å². The Hall–Kier alpha value is 0.480. The molecule has 0 unspecified atom stereocenters. The van der Waals surface area contributed by atoms with Crippen molar-refractivity contribution in [3.05, 3.63) is 14.7 Å². The second-order valence-corrected chi connectivity index (χ2v) is 3.56. The van der Waals surface area contributed by atoms with Crippen LogP contribution in [0.15, 0.2) is 14.7 Å². The van der Waals surface area contributed by atoms with Crippen LogP contribution in [-0.4, -0.2) is 0 Å². The minimum absolute atomic E-state index is 1.00. The molecule has 0 nitrogen and oxygen atoms in total. The molecule has 8 heavy (non-hydrogen) atoms. The molecule has 0 N–H and O–H groups in total. The molecular weight excluding hydrogens is 232 g/mol. The molecule has 0 saturated heterocycles. The monoisotopic (exact) mass is 238 g/mol. The lowest BCUT2D eigenvalue weighted by Crippen LogP contribution is -1.59. The molecule has 0 aliphatic rings. The van der Waals surface area contributed by atoms with Gasteiger partial charge in [-0.1, -0.05) is 12.7 Å². The molecule has 2 heteroatoms. The predicted molar refractivity (Wildman–Crippen MR) is 44.4 cm³/mol. The first kappa shape index (κ1) is 8.48. The van der Waals surface area contributed by atoms with E-state index in [2.05, 4.69) is 44.5 Å². The van der Waals surface area contributed by atoms with Crippen LogP contribution in [0.25, 0.3) is 0 Å². The fourth-order valence-electron chi connectivity index (χ4n) is 0.275. The molecular formula is C6H8Br2. The number of hydrogen-bond acceptors (Lipinski definition) is 0. The normalized spacial score (nSPS) is 8.00. The topological polar surface area (TPSA) is 0 Å². The summed E-state index contributed by atoms with van der Waals surface area (Å²) in [5.74, 6) is 0. The maximum absolute atomic E-state index is 3.33. The fraction of sp³-hybridized carbons (Fsp3) is 0.500. The van der Waals surface area contributed by atoms with Gasteiger partial charge in [-0.25, -0.2) is 0 Å². The van der Waals surface area contributed by atoms with E-state index in [0.717, 1.165) is 15.4 Å². The van der Waals surface area contributed by atoms with Crippen LogP contribution in [0, 0.1) is 0 Å². The summed E-state index contributed by atoms with van der Waals surface area (Å²) >= 11 is 6.60. The first-order valence-corrected chi connectivity index (χ1v) is 4.02. The molecule has 0 heterocycles. The van der Waals surface area contributed by atoms with Gasteiger partial charge in [0.05, 0.1) is 0 Å². The quantitative estimate of drug-likeness (QED) is 0.614. The molecule has 0 aliphatic carbocycles. The van der Waals surface area contributed by atoms with Gasteiger partial charge in [0.2, 0.25) is 0 Å². The Balaban J connectivity index is 4.13. The zero-order valence-corrected chi connectivity index (χ0v) is 8.14. The van der Waals surface area contributed by atoms with E-state index in [-0.39, 0.29) is 0 Å². The van der Waals surface area contributed by atoms with E-state index in [9.17, 15) is 0 Å². The third kappa shape index (κ3) is 4.63. The first-order valence-electron chi connectivity index (χ1n) is 2.44. The highest BCUT2D eigenvalue weighted by Gasteiger charge is 1.80. The van der Waals surface area contributed by atoms with Crippen LogP contribution in [0.5, 0.6) is 0 Å². The van der Waals surface area contributed by atoms with Crippen LogP contribution in [0.4, 0.5) is 0 Å². The maximum atomic E-state index is 3.33. The highest BCUT2D eigenvalue weighted by atomic mass is 79.9. The Kier molecular flexibility index (Phi) is 4.63. The largest absolute Gasteiger partial charge is 0.0991 e. The van der Waals surface area contributed by atoms with E-state index in [1.165, 1.54) is 0 Å². The molecule has 0 bridgehead atoms. The lowest BCUT2D eigenvalue weighted by molar-refractivity contribution is 1.21. The molecule has 0 aromatic rings. The molecule has 0 rings (SSSR count). The van der Waals surface area contributed by atoms with Crippen LogP contribution in [-0.2, 0) is 0 Å². The Bertz CT molecular complexity index is 125. The van der Waals surface area contributed by atoms with Crippen LogP contribution < -0.4 is 0 Å². The second-order valence-electron chi connectivity index (χ2n) is 1.42. The summed E-state index contributed by atoms with van der Waals surface area (Å²) in [4.78, 5) is 0. The van der Waals surface area contributed by atoms with E-state index in [1.807, 2.05) is 6.92 Å². The Morgan fingerprint density at radius 1 is 1.50 bits per heavy atom. The van der Waals surface area contributed by atoms with Crippen molar-refractivity contribution in [3.63, 3.8) is 0 Å². The van der Waals surface area contributed by atoms with Crippen molar-refractivity contribution in [1.29, 1.82) is 0 Å². The maximum Gasteiger partial charge on any atom is 0.0374 e. The van der Waals surface area contributed by atoms with Gasteiger partial charge >= 0.3 is 0 Å². The van der Waals surface area contributed by atoms with Crippen molar-refractivity contribution in [1.82, 2.24) is 0 Å². The molecule has 46 valence electrons. The summed E-state index contributed by atoms with van der Waals surface area (Å²) in [6.07, 6.45) is 1.00. The van der Waals surface area contributed by atoms with E-state index >= 15 is 0 Å². The number of hydrogen-bond donors (Lipinski definition) is 0. The summed E-state index contributed by atoms with van der Waals surface area (Å²) < 4.78 is 2.14. The molecule has 0 amide bonds. The molecule has 0 aromatic carbocycles. The second kappa shape index (κ2) is 4.37. The van der Waals surface area contributed by atoms with Gasteiger partial charge in [0, 0.05) is 8.96 Å². The minimum atomic E-state index is 1.00. The summed E-state index contributed by atoms with van der Waals surface area (Å²) in [7, 11) is 0. The number of halogens is 2. The minimum Gasteiger partial charge on any atom is -0.0991 e. The van der Waals surface area contributed by atoms with Gasteiger partial charge in [-0.15, -0.1) is 0 Å². The summed E-state index contributed by atoms with van der Waals surface area (Å²) in [6, 6.07) is 0. The van der Waals surface area contributed by atoms with Crippen molar-refractivity contribution < 1.29 is 0 Å². The zero-order chi connectivity index (χ0) is 6.57. The molecule has 0 fully saturated rings. The van der Waals surface area contributed by atoms with Crippen molar-refractivity contribution in [2.45, 2.75) is 20.3 Å². The van der Waals surface area contributed by atoms with E-state index in [0.29, 0.717) is 0 Å². The molecule has 0 saturated carbocycles. The smallest absolute Gasteiger partial charge is 0.0374 e. The summed E-state index contributed by atoms with van der Waals surface area (Å²) in [5.41, 5.74) is 3.06. The Labute approximate surface area is 66.9 Å². The van der Waals surface area contributed by atoms with Crippen molar-refractivity contribution in [2.75, 3.05) is 0 Å². The zero-order valence-electron chi connectivity index (χ0n) is 4.96. The molecule has 0 aromatic heterocycles. The highest BCUT2D eigenvalue weighted by Crippen LogP contribution is 2.10. The number of allylic oxidation sites excluding steroid dienone is 1. The fourth-order valence-corrected chi connectivity index (χ4v) is 1.08. The van der Waals surface area contributed by atoms with Crippen molar-refractivity contribution >= 4 is 31.9 Å². The third-order valence-corrected chi connectivity index (χ3v) is 1.58. The van der Waals surface area contributed by atoms with E-state index < -0.39 is 0 Å². The molecule has 0 spiro atoms. The Morgan fingerprint density at radius 3 is 2.12 bits per heavy atom. The first-order chi connectivity index (χ1) is 3.66. The standard InChI is InChI=1S/C6H8Br2/c1-3-6(8)4-5(2)7/h3H2,1-2H3.